The van der Waals surface area contributed by atoms with E-state index in [1.54, 1.807) is 31.3 Å². The maximum absolute atomic E-state index is 12.9. The van der Waals surface area contributed by atoms with Gasteiger partial charge in [0, 0.05) is 24.3 Å². The van der Waals surface area contributed by atoms with E-state index in [4.69, 9.17) is 0 Å². The second kappa shape index (κ2) is 6.88. The Labute approximate surface area is 124 Å². The normalized spacial score (nSPS) is 11.8. The smallest absolute Gasteiger partial charge is 0.251 e. The average Bonchev–Trinajstić information content (AvgIpc) is 2.49. The minimum atomic E-state index is -0.218. The first-order valence-electron chi connectivity index (χ1n) is 6.91. The number of carbonyl (C=O) groups is 1. The molecule has 2 N–H and O–H groups in total. The zero-order valence-electron chi connectivity index (χ0n) is 12.2. The van der Waals surface area contributed by atoms with E-state index in [2.05, 4.69) is 17.6 Å². The highest BCUT2D eigenvalue weighted by molar-refractivity contribution is 5.94. The van der Waals surface area contributed by atoms with Crippen LogP contribution in [0.1, 0.15) is 22.8 Å². The Bertz CT molecular complexity index is 593. The van der Waals surface area contributed by atoms with Crippen LogP contribution in [0.15, 0.2) is 48.5 Å². The number of carbonyl (C=O) groups excluding carboxylic acids is 1. The summed E-state index contributed by atoms with van der Waals surface area (Å²) >= 11 is 0. The molecule has 4 heteroatoms. The highest BCUT2D eigenvalue weighted by atomic mass is 19.1. The van der Waals surface area contributed by atoms with Crippen LogP contribution in [-0.4, -0.2) is 19.0 Å². The van der Waals surface area contributed by atoms with Crippen molar-refractivity contribution < 1.29 is 9.18 Å². The predicted octanol–water partition coefficient (Wildman–Crippen LogP) is 3.23. The summed E-state index contributed by atoms with van der Waals surface area (Å²) in [4.78, 5) is 11.5. The minimum Gasteiger partial charge on any atom is -0.382 e. The van der Waals surface area contributed by atoms with Crippen molar-refractivity contribution in [3.63, 3.8) is 0 Å². The number of anilines is 1. The fraction of sp³-hybridized carbons (Fsp3) is 0.235. The van der Waals surface area contributed by atoms with Crippen LogP contribution < -0.4 is 10.6 Å². The van der Waals surface area contributed by atoms with Gasteiger partial charge in [0.25, 0.3) is 5.91 Å². The SMILES string of the molecule is CNC(=O)c1ccc(NC(C)Cc2ccc(F)cc2)cc1. The van der Waals surface area contributed by atoms with Gasteiger partial charge in [0.2, 0.25) is 0 Å². The van der Waals surface area contributed by atoms with Crippen LogP contribution in [0.3, 0.4) is 0 Å². The highest BCUT2D eigenvalue weighted by Gasteiger charge is 2.06. The van der Waals surface area contributed by atoms with Gasteiger partial charge in [0.15, 0.2) is 0 Å². The lowest BCUT2D eigenvalue weighted by Crippen LogP contribution is -2.19. The van der Waals surface area contributed by atoms with Gasteiger partial charge in [-0.2, -0.15) is 0 Å². The fourth-order valence-corrected chi connectivity index (χ4v) is 2.17. The molecule has 0 aromatic heterocycles. The third kappa shape index (κ3) is 4.31. The molecular formula is C17H19FN2O. The first kappa shape index (κ1) is 15.0. The molecule has 1 amide bonds. The van der Waals surface area contributed by atoms with Crippen molar-refractivity contribution in [2.75, 3.05) is 12.4 Å². The molecule has 110 valence electrons. The Morgan fingerprint density at radius 1 is 1.10 bits per heavy atom. The van der Waals surface area contributed by atoms with Gasteiger partial charge in [-0.1, -0.05) is 12.1 Å². The van der Waals surface area contributed by atoms with E-state index >= 15 is 0 Å². The summed E-state index contributed by atoms with van der Waals surface area (Å²) in [7, 11) is 1.61. The van der Waals surface area contributed by atoms with Crippen molar-refractivity contribution in [3.05, 3.63) is 65.5 Å². The molecule has 2 aromatic rings. The molecule has 0 saturated carbocycles. The van der Waals surface area contributed by atoms with Crippen molar-refractivity contribution in [1.82, 2.24) is 5.32 Å². The van der Waals surface area contributed by atoms with Crippen LogP contribution in [0.2, 0.25) is 0 Å². The molecule has 2 rings (SSSR count). The van der Waals surface area contributed by atoms with Crippen LogP contribution in [0.4, 0.5) is 10.1 Å². The second-order valence-electron chi connectivity index (χ2n) is 5.03. The van der Waals surface area contributed by atoms with Crippen molar-refractivity contribution in [2.24, 2.45) is 0 Å². The predicted molar refractivity (Wildman–Crippen MR) is 83.0 cm³/mol. The maximum Gasteiger partial charge on any atom is 0.251 e. The van der Waals surface area contributed by atoms with E-state index in [1.807, 2.05) is 12.1 Å². The molecule has 2 aromatic carbocycles. The highest BCUT2D eigenvalue weighted by Crippen LogP contribution is 2.13. The van der Waals surface area contributed by atoms with Crippen molar-refractivity contribution in [2.45, 2.75) is 19.4 Å². The molecule has 0 aliphatic rings. The van der Waals surface area contributed by atoms with Gasteiger partial charge in [0.1, 0.15) is 5.82 Å². The summed E-state index contributed by atoms with van der Waals surface area (Å²) in [5.41, 5.74) is 2.67. The van der Waals surface area contributed by atoms with E-state index in [9.17, 15) is 9.18 Å². The lowest BCUT2D eigenvalue weighted by molar-refractivity contribution is 0.0963. The third-order valence-corrected chi connectivity index (χ3v) is 3.24. The quantitative estimate of drug-likeness (QED) is 0.886. The van der Waals surface area contributed by atoms with E-state index in [0.29, 0.717) is 5.56 Å². The Balaban J connectivity index is 1.94. The van der Waals surface area contributed by atoms with Crippen LogP contribution in [0.25, 0.3) is 0 Å². The molecule has 0 spiro atoms. The van der Waals surface area contributed by atoms with Gasteiger partial charge in [-0.05, 0) is 55.3 Å². The lowest BCUT2D eigenvalue weighted by atomic mass is 10.1. The maximum atomic E-state index is 12.9. The molecule has 3 nitrogen and oxygen atoms in total. The van der Waals surface area contributed by atoms with Crippen molar-refractivity contribution in [1.29, 1.82) is 0 Å². The Morgan fingerprint density at radius 3 is 2.29 bits per heavy atom. The second-order valence-corrected chi connectivity index (χ2v) is 5.03. The van der Waals surface area contributed by atoms with E-state index in [1.165, 1.54) is 12.1 Å². The van der Waals surface area contributed by atoms with Gasteiger partial charge >= 0.3 is 0 Å². The summed E-state index contributed by atoms with van der Waals surface area (Å²) in [6, 6.07) is 14.1. The standard InChI is InChI=1S/C17H19FN2O/c1-12(11-13-3-7-15(18)8-4-13)20-16-9-5-14(6-10-16)17(21)19-2/h3-10,12,20H,11H2,1-2H3,(H,19,21). The van der Waals surface area contributed by atoms with Crippen molar-refractivity contribution >= 4 is 11.6 Å². The number of benzene rings is 2. The first-order valence-corrected chi connectivity index (χ1v) is 6.91. The van der Waals surface area contributed by atoms with Crippen molar-refractivity contribution in [3.8, 4) is 0 Å². The fourth-order valence-electron chi connectivity index (χ4n) is 2.17. The molecule has 0 aliphatic heterocycles. The molecule has 0 radical (unpaired) electrons. The van der Waals surface area contributed by atoms with Gasteiger partial charge in [-0.25, -0.2) is 4.39 Å². The first-order chi connectivity index (χ1) is 10.1. The molecular weight excluding hydrogens is 267 g/mol. The van der Waals surface area contributed by atoms with E-state index < -0.39 is 0 Å². The van der Waals surface area contributed by atoms with E-state index in [-0.39, 0.29) is 17.8 Å². The Kier molecular flexibility index (Phi) is 4.93. The molecule has 0 aliphatic carbocycles. The van der Waals surface area contributed by atoms with Crippen LogP contribution in [0, 0.1) is 5.82 Å². The molecule has 21 heavy (non-hydrogen) atoms. The van der Waals surface area contributed by atoms with Crippen LogP contribution in [-0.2, 0) is 6.42 Å². The van der Waals surface area contributed by atoms with E-state index in [0.717, 1.165) is 17.7 Å². The van der Waals surface area contributed by atoms with Crippen LogP contribution in [0.5, 0.6) is 0 Å². The zero-order chi connectivity index (χ0) is 15.2. The molecule has 0 heterocycles. The summed E-state index contributed by atoms with van der Waals surface area (Å²) < 4.78 is 12.9. The molecule has 1 atom stereocenters. The van der Waals surface area contributed by atoms with Crippen LogP contribution >= 0.6 is 0 Å². The topological polar surface area (TPSA) is 41.1 Å². The average molecular weight is 286 g/mol. The van der Waals surface area contributed by atoms with Gasteiger partial charge in [-0.3, -0.25) is 4.79 Å². The van der Waals surface area contributed by atoms with Gasteiger partial charge in [0.05, 0.1) is 0 Å². The number of rotatable bonds is 5. The number of nitrogens with one attached hydrogen (secondary N) is 2. The third-order valence-electron chi connectivity index (χ3n) is 3.24. The van der Waals surface area contributed by atoms with Gasteiger partial charge in [-0.15, -0.1) is 0 Å². The lowest BCUT2D eigenvalue weighted by Gasteiger charge is -2.15. The number of amides is 1. The zero-order valence-corrected chi connectivity index (χ0v) is 12.2. The largest absolute Gasteiger partial charge is 0.382 e. The summed E-state index contributed by atoms with van der Waals surface area (Å²) in [6.07, 6.45) is 0.803. The summed E-state index contributed by atoms with van der Waals surface area (Å²) in [6.45, 7) is 2.07. The molecule has 0 saturated heterocycles. The number of halogens is 1. The molecule has 1 unspecified atom stereocenters. The number of hydrogen-bond donors (Lipinski definition) is 2. The molecule has 0 fully saturated rings. The summed E-state index contributed by atoms with van der Waals surface area (Å²) in [5.74, 6) is -0.315. The number of hydrogen-bond acceptors (Lipinski definition) is 2. The summed E-state index contributed by atoms with van der Waals surface area (Å²) in [5, 5.41) is 5.95. The molecule has 0 bridgehead atoms. The monoisotopic (exact) mass is 286 g/mol. The minimum absolute atomic E-state index is 0.0964. The van der Waals surface area contributed by atoms with Gasteiger partial charge < -0.3 is 10.6 Å². The Morgan fingerprint density at radius 2 is 1.71 bits per heavy atom. The Hall–Kier alpha value is -2.36.